The summed E-state index contributed by atoms with van der Waals surface area (Å²) in [5.74, 6) is 5.51. The van der Waals surface area contributed by atoms with Crippen LogP contribution in [0.3, 0.4) is 0 Å². The lowest BCUT2D eigenvalue weighted by Crippen LogP contribution is -2.37. The molecule has 4 nitrogen and oxygen atoms in total. The molecule has 0 unspecified atom stereocenters. The average molecular weight is 308 g/mol. The summed E-state index contributed by atoms with van der Waals surface area (Å²) in [6.07, 6.45) is 0.163. The van der Waals surface area contributed by atoms with Gasteiger partial charge in [0.25, 0.3) is 0 Å². The maximum absolute atomic E-state index is 12.2. The van der Waals surface area contributed by atoms with E-state index in [1.54, 1.807) is 14.0 Å². The standard InChI is InChI=1S/C18H28O4/c1-8-10-11-15(22-17(19)18(4,5)6)16(21-13-20-7)12-14(3)9-2/h15-16H,2,11-13H2,1,3-7H3/t15-,16-/m1/s1. The molecule has 0 N–H and O–H groups in total. The van der Waals surface area contributed by atoms with Gasteiger partial charge in [-0.3, -0.25) is 4.79 Å². The predicted octanol–water partition coefficient (Wildman–Crippen LogP) is 3.47. The first-order chi connectivity index (χ1) is 10.3. The lowest BCUT2D eigenvalue weighted by Gasteiger charge is -2.28. The summed E-state index contributed by atoms with van der Waals surface area (Å²) in [4.78, 5) is 12.2. The zero-order valence-corrected chi connectivity index (χ0v) is 14.6. The van der Waals surface area contributed by atoms with Crippen molar-refractivity contribution in [3.63, 3.8) is 0 Å². The number of methoxy groups -OCH3 is 1. The van der Waals surface area contributed by atoms with Gasteiger partial charge in [-0.1, -0.05) is 12.5 Å². The molecular formula is C18H28O4. The van der Waals surface area contributed by atoms with E-state index in [0.717, 1.165) is 5.57 Å². The Morgan fingerprint density at radius 3 is 2.36 bits per heavy atom. The highest BCUT2D eigenvalue weighted by molar-refractivity contribution is 5.75. The highest BCUT2D eigenvalue weighted by Crippen LogP contribution is 2.22. The van der Waals surface area contributed by atoms with Crippen LogP contribution in [0.25, 0.3) is 0 Å². The number of carbonyl (C=O) groups is 1. The van der Waals surface area contributed by atoms with Crippen molar-refractivity contribution in [1.29, 1.82) is 0 Å². The van der Waals surface area contributed by atoms with Crippen LogP contribution in [-0.2, 0) is 19.0 Å². The van der Waals surface area contributed by atoms with E-state index in [1.807, 2.05) is 27.7 Å². The molecule has 0 bridgehead atoms. The van der Waals surface area contributed by atoms with Crippen LogP contribution in [0.2, 0.25) is 0 Å². The Morgan fingerprint density at radius 2 is 1.91 bits per heavy atom. The van der Waals surface area contributed by atoms with Crippen LogP contribution in [0.5, 0.6) is 0 Å². The summed E-state index contributed by atoms with van der Waals surface area (Å²) in [5.41, 5.74) is 3.19. The first kappa shape index (κ1) is 20.5. The molecule has 4 heteroatoms. The van der Waals surface area contributed by atoms with Crippen LogP contribution in [0.1, 0.15) is 47.5 Å². The Hall–Kier alpha value is -1.53. The molecule has 124 valence electrons. The number of ether oxygens (including phenoxy) is 3. The molecule has 0 aromatic carbocycles. The van der Waals surface area contributed by atoms with E-state index in [0.29, 0.717) is 12.8 Å². The van der Waals surface area contributed by atoms with E-state index in [1.165, 1.54) is 0 Å². The molecule has 0 aromatic heterocycles. The Labute approximate surface area is 134 Å². The summed E-state index contributed by atoms with van der Waals surface area (Å²) in [5, 5.41) is 0. The molecule has 0 amide bonds. The van der Waals surface area contributed by atoms with Crippen molar-refractivity contribution in [2.24, 2.45) is 5.41 Å². The second-order valence-corrected chi connectivity index (χ2v) is 6.10. The number of hydrogen-bond donors (Lipinski definition) is 0. The second kappa shape index (κ2) is 10.2. The third-order valence-electron chi connectivity index (χ3n) is 2.97. The van der Waals surface area contributed by atoms with Crippen molar-refractivity contribution < 1.29 is 19.0 Å². The fourth-order valence-corrected chi connectivity index (χ4v) is 1.59. The number of rotatable bonds is 8. The molecule has 0 aliphatic rings. The summed E-state index contributed by atoms with van der Waals surface area (Å²) < 4.78 is 16.3. The smallest absolute Gasteiger partial charge is 0.311 e. The summed E-state index contributed by atoms with van der Waals surface area (Å²) in [7, 11) is 1.55. The van der Waals surface area contributed by atoms with E-state index in [4.69, 9.17) is 14.2 Å². The van der Waals surface area contributed by atoms with Crippen LogP contribution in [0.4, 0.5) is 0 Å². The molecule has 0 aliphatic carbocycles. The predicted molar refractivity (Wildman–Crippen MR) is 87.1 cm³/mol. The van der Waals surface area contributed by atoms with Gasteiger partial charge in [-0.2, -0.15) is 0 Å². The molecule has 22 heavy (non-hydrogen) atoms. The maximum Gasteiger partial charge on any atom is 0.311 e. The van der Waals surface area contributed by atoms with Crippen LogP contribution >= 0.6 is 0 Å². The lowest BCUT2D eigenvalue weighted by molar-refractivity contribution is -0.173. The van der Waals surface area contributed by atoms with Crippen molar-refractivity contribution >= 4 is 5.97 Å². The SMILES string of the molecule is C=C=C(C)C[C@@H](OCOC)[C@@H](CC#CC)OC(=O)C(C)(C)C. The molecule has 0 spiro atoms. The number of esters is 1. The highest BCUT2D eigenvalue weighted by Gasteiger charge is 2.31. The van der Waals surface area contributed by atoms with Gasteiger partial charge < -0.3 is 14.2 Å². The molecule has 0 aromatic rings. The van der Waals surface area contributed by atoms with Gasteiger partial charge in [0.15, 0.2) is 0 Å². The number of hydrogen-bond acceptors (Lipinski definition) is 4. The summed E-state index contributed by atoms with van der Waals surface area (Å²) in [6, 6.07) is 0. The summed E-state index contributed by atoms with van der Waals surface area (Å²) >= 11 is 0. The van der Waals surface area contributed by atoms with E-state index >= 15 is 0 Å². The molecule has 0 fully saturated rings. The minimum Gasteiger partial charge on any atom is -0.458 e. The van der Waals surface area contributed by atoms with E-state index in [9.17, 15) is 4.79 Å². The lowest BCUT2D eigenvalue weighted by atomic mass is 9.96. The van der Waals surface area contributed by atoms with Crippen molar-refractivity contribution in [2.75, 3.05) is 13.9 Å². The molecular weight excluding hydrogens is 280 g/mol. The minimum absolute atomic E-state index is 0.123. The second-order valence-electron chi connectivity index (χ2n) is 6.10. The molecule has 0 rings (SSSR count). The van der Waals surface area contributed by atoms with Crippen LogP contribution in [0, 0.1) is 17.3 Å². The van der Waals surface area contributed by atoms with Crippen molar-refractivity contribution in [1.82, 2.24) is 0 Å². The fourth-order valence-electron chi connectivity index (χ4n) is 1.59. The molecule has 0 radical (unpaired) electrons. The van der Waals surface area contributed by atoms with Crippen LogP contribution < -0.4 is 0 Å². The van der Waals surface area contributed by atoms with Gasteiger partial charge in [0.05, 0.1) is 5.41 Å². The zero-order chi connectivity index (χ0) is 17.2. The Morgan fingerprint density at radius 1 is 1.27 bits per heavy atom. The molecule has 2 atom stereocenters. The summed E-state index contributed by atoms with van der Waals surface area (Å²) in [6.45, 7) is 12.9. The normalized spacial score (nSPS) is 13.4. The Balaban J connectivity index is 5.20. The van der Waals surface area contributed by atoms with Crippen molar-refractivity contribution in [2.45, 2.75) is 59.7 Å². The first-order valence-electron chi connectivity index (χ1n) is 7.33. The maximum atomic E-state index is 12.2. The van der Waals surface area contributed by atoms with Gasteiger partial charge >= 0.3 is 5.97 Å². The quantitative estimate of drug-likeness (QED) is 0.298. The average Bonchev–Trinajstić information content (AvgIpc) is 2.46. The van der Waals surface area contributed by atoms with Crippen LogP contribution in [-0.4, -0.2) is 32.1 Å². The third kappa shape index (κ3) is 8.05. The monoisotopic (exact) mass is 308 g/mol. The topological polar surface area (TPSA) is 44.8 Å². The fraction of sp³-hybridized carbons (Fsp3) is 0.667. The zero-order valence-electron chi connectivity index (χ0n) is 14.6. The molecule has 0 saturated carbocycles. The van der Waals surface area contributed by atoms with Crippen molar-refractivity contribution in [3.8, 4) is 11.8 Å². The van der Waals surface area contributed by atoms with Gasteiger partial charge in [-0.15, -0.1) is 11.7 Å². The van der Waals surface area contributed by atoms with Gasteiger partial charge in [-0.05, 0) is 40.2 Å². The minimum atomic E-state index is -0.576. The van der Waals surface area contributed by atoms with E-state index in [-0.39, 0.29) is 18.9 Å². The van der Waals surface area contributed by atoms with E-state index in [2.05, 4.69) is 24.2 Å². The van der Waals surface area contributed by atoms with Gasteiger partial charge in [0.1, 0.15) is 19.0 Å². The van der Waals surface area contributed by atoms with Gasteiger partial charge in [0, 0.05) is 20.0 Å². The van der Waals surface area contributed by atoms with Gasteiger partial charge in [-0.25, -0.2) is 0 Å². The van der Waals surface area contributed by atoms with Gasteiger partial charge in [0.2, 0.25) is 0 Å². The number of carbonyl (C=O) groups excluding carboxylic acids is 1. The molecule has 0 saturated heterocycles. The Kier molecular flexibility index (Phi) is 9.53. The van der Waals surface area contributed by atoms with Crippen LogP contribution in [0.15, 0.2) is 17.9 Å². The molecule has 0 aliphatic heterocycles. The highest BCUT2D eigenvalue weighted by atomic mass is 16.7. The Bertz CT molecular complexity index is 456. The van der Waals surface area contributed by atoms with Crippen molar-refractivity contribution in [3.05, 3.63) is 17.9 Å². The first-order valence-corrected chi connectivity index (χ1v) is 7.33. The molecule has 0 heterocycles. The largest absolute Gasteiger partial charge is 0.458 e. The third-order valence-corrected chi connectivity index (χ3v) is 2.97. The van der Waals surface area contributed by atoms with E-state index < -0.39 is 11.5 Å².